The van der Waals surface area contributed by atoms with Crippen LogP contribution < -0.4 is 10.1 Å². The van der Waals surface area contributed by atoms with E-state index < -0.39 is 18.2 Å². The van der Waals surface area contributed by atoms with E-state index in [4.69, 9.17) is 5.11 Å². The van der Waals surface area contributed by atoms with Crippen LogP contribution in [-0.2, 0) is 11.2 Å². The molecule has 5 nitrogen and oxygen atoms in total. The Bertz CT molecular complexity index is 1200. The maximum atomic E-state index is 13.4. The predicted molar refractivity (Wildman–Crippen MR) is 134 cm³/mol. The van der Waals surface area contributed by atoms with Gasteiger partial charge in [0.1, 0.15) is 5.75 Å². The van der Waals surface area contributed by atoms with Crippen LogP contribution in [-0.4, -0.2) is 23.3 Å². The van der Waals surface area contributed by atoms with Crippen molar-refractivity contribution in [1.29, 1.82) is 0 Å². The van der Waals surface area contributed by atoms with Gasteiger partial charge in [0.05, 0.1) is 11.5 Å². The van der Waals surface area contributed by atoms with Gasteiger partial charge in [0.15, 0.2) is 0 Å². The van der Waals surface area contributed by atoms with Crippen molar-refractivity contribution in [2.45, 2.75) is 56.7 Å². The number of aromatic carboxylic acids is 1. The third kappa shape index (κ3) is 7.35. The quantitative estimate of drug-likeness (QED) is 0.333. The molecule has 1 saturated carbocycles. The van der Waals surface area contributed by atoms with Crippen molar-refractivity contribution >= 4 is 17.6 Å². The molecule has 0 aromatic heterocycles. The highest BCUT2D eigenvalue weighted by Gasteiger charge is 2.31. The van der Waals surface area contributed by atoms with E-state index in [1.807, 2.05) is 12.1 Å². The Morgan fingerprint density at radius 3 is 2.08 bits per heavy atom. The first-order valence-electron chi connectivity index (χ1n) is 12.3. The van der Waals surface area contributed by atoms with Gasteiger partial charge in [0.25, 0.3) is 0 Å². The van der Waals surface area contributed by atoms with E-state index in [0.717, 1.165) is 36.1 Å². The van der Waals surface area contributed by atoms with Crippen molar-refractivity contribution in [2.75, 3.05) is 5.32 Å². The van der Waals surface area contributed by atoms with Crippen molar-refractivity contribution < 1.29 is 32.6 Å². The highest BCUT2D eigenvalue weighted by Crippen LogP contribution is 2.34. The lowest BCUT2D eigenvalue weighted by atomic mass is 9.83. The Hall–Kier alpha value is -3.81. The molecule has 4 rings (SSSR count). The topological polar surface area (TPSA) is 75.6 Å². The zero-order valence-electron chi connectivity index (χ0n) is 20.1. The smallest absolute Gasteiger partial charge is 0.478 e. The fraction of sp³-hybridized carbons (Fsp3) is 0.310. The first-order valence-corrected chi connectivity index (χ1v) is 12.3. The fourth-order valence-electron chi connectivity index (χ4n) is 4.79. The summed E-state index contributed by atoms with van der Waals surface area (Å²) in [5.74, 6) is -1.80. The molecule has 0 saturated heterocycles. The van der Waals surface area contributed by atoms with Gasteiger partial charge < -0.3 is 15.2 Å². The summed E-state index contributed by atoms with van der Waals surface area (Å²) in [5, 5.41) is 12.0. The van der Waals surface area contributed by atoms with Crippen molar-refractivity contribution in [3.05, 3.63) is 95.1 Å². The van der Waals surface area contributed by atoms with E-state index in [9.17, 15) is 22.8 Å². The summed E-state index contributed by atoms with van der Waals surface area (Å²) in [6, 6.07) is 19.4. The zero-order valence-corrected chi connectivity index (χ0v) is 20.1. The number of nitrogens with one attached hydrogen (secondary N) is 1. The Morgan fingerprint density at radius 2 is 1.51 bits per heavy atom. The molecule has 8 heteroatoms. The van der Waals surface area contributed by atoms with Gasteiger partial charge in [-0.05, 0) is 78.3 Å². The summed E-state index contributed by atoms with van der Waals surface area (Å²) < 4.78 is 41.2. The molecule has 1 aliphatic carbocycles. The van der Waals surface area contributed by atoms with Crippen LogP contribution in [0.5, 0.6) is 5.75 Å². The molecule has 1 fully saturated rings. The number of ether oxygens (including phenoxy) is 1. The number of anilines is 1. The van der Waals surface area contributed by atoms with E-state index in [-0.39, 0.29) is 17.2 Å². The lowest BCUT2D eigenvalue weighted by molar-refractivity contribution is -0.274. The monoisotopic (exact) mass is 511 g/mol. The summed E-state index contributed by atoms with van der Waals surface area (Å²) in [4.78, 5) is 24.6. The van der Waals surface area contributed by atoms with Gasteiger partial charge in [-0.25, -0.2) is 4.79 Å². The minimum atomic E-state index is -4.80. The molecule has 194 valence electrons. The third-order valence-electron chi connectivity index (χ3n) is 6.73. The number of halogens is 3. The Balaban J connectivity index is 1.54. The fourth-order valence-corrected chi connectivity index (χ4v) is 4.79. The molecule has 0 bridgehead atoms. The van der Waals surface area contributed by atoms with E-state index in [0.29, 0.717) is 18.0 Å². The van der Waals surface area contributed by atoms with Crippen LogP contribution in [0.4, 0.5) is 18.9 Å². The number of hydrogen-bond donors (Lipinski definition) is 2. The highest BCUT2D eigenvalue weighted by molar-refractivity contribution is 5.96. The van der Waals surface area contributed by atoms with E-state index in [1.54, 1.807) is 12.1 Å². The zero-order chi connectivity index (χ0) is 26.4. The molecule has 3 aromatic carbocycles. The molecule has 0 radical (unpaired) electrons. The Morgan fingerprint density at radius 1 is 0.892 bits per heavy atom. The number of carbonyl (C=O) groups is 2. The molecule has 2 N–H and O–H groups in total. The molecule has 1 aliphatic rings. The summed E-state index contributed by atoms with van der Waals surface area (Å²) in [6.07, 6.45) is 1.55. The normalized spacial score (nSPS) is 15.1. The molecule has 1 unspecified atom stereocenters. The van der Waals surface area contributed by atoms with Gasteiger partial charge in [-0.1, -0.05) is 55.7 Å². The molecule has 0 aliphatic heterocycles. The summed E-state index contributed by atoms with van der Waals surface area (Å²) in [5.41, 5.74) is 3.34. The average Bonchev–Trinajstić information content (AvgIpc) is 2.88. The van der Waals surface area contributed by atoms with Crippen molar-refractivity contribution in [1.82, 2.24) is 0 Å². The van der Waals surface area contributed by atoms with Crippen LogP contribution in [0.15, 0.2) is 72.8 Å². The van der Waals surface area contributed by atoms with Crippen LogP contribution in [0.1, 0.15) is 71.0 Å². The van der Waals surface area contributed by atoms with Gasteiger partial charge in [0, 0.05) is 5.69 Å². The number of carboxylic acids is 1. The predicted octanol–water partition coefficient (Wildman–Crippen LogP) is 7.30. The van der Waals surface area contributed by atoms with Crippen molar-refractivity contribution in [3.63, 3.8) is 0 Å². The molecular formula is C29H28F3NO4. The number of alkyl halides is 3. The summed E-state index contributed by atoms with van der Waals surface area (Å²) in [6.45, 7) is 0. The lowest BCUT2D eigenvalue weighted by Crippen LogP contribution is -2.23. The van der Waals surface area contributed by atoms with Gasteiger partial charge in [-0.3, -0.25) is 4.79 Å². The van der Waals surface area contributed by atoms with Crippen LogP contribution in [0.25, 0.3) is 0 Å². The number of amides is 1. The molecule has 1 amide bonds. The number of carbonyl (C=O) groups excluding carboxylic acids is 1. The van der Waals surface area contributed by atoms with Gasteiger partial charge >= 0.3 is 12.3 Å². The van der Waals surface area contributed by atoms with Crippen molar-refractivity contribution in [2.24, 2.45) is 0 Å². The molecular weight excluding hydrogens is 483 g/mol. The first-order chi connectivity index (χ1) is 17.7. The summed E-state index contributed by atoms with van der Waals surface area (Å²) >= 11 is 0. The lowest BCUT2D eigenvalue weighted by Gasteiger charge is -2.23. The van der Waals surface area contributed by atoms with Crippen LogP contribution >= 0.6 is 0 Å². The average molecular weight is 512 g/mol. The second kappa shape index (κ2) is 11.5. The van der Waals surface area contributed by atoms with Crippen LogP contribution in [0.3, 0.4) is 0 Å². The maximum absolute atomic E-state index is 13.4. The second-order valence-electron chi connectivity index (χ2n) is 9.32. The van der Waals surface area contributed by atoms with Gasteiger partial charge in [-0.15, -0.1) is 13.2 Å². The highest BCUT2D eigenvalue weighted by atomic mass is 19.4. The largest absolute Gasteiger partial charge is 0.573 e. The number of hydrogen-bond acceptors (Lipinski definition) is 3. The van der Waals surface area contributed by atoms with E-state index in [1.165, 1.54) is 49.1 Å². The van der Waals surface area contributed by atoms with E-state index >= 15 is 0 Å². The van der Waals surface area contributed by atoms with Crippen molar-refractivity contribution in [3.8, 4) is 5.75 Å². The number of rotatable bonds is 8. The third-order valence-corrected chi connectivity index (χ3v) is 6.73. The van der Waals surface area contributed by atoms with Gasteiger partial charge in [0.2, 0.25) is 5.91 Å². The number of benzene rings is 3. The van der Waals surface area contributed by atoms with E-state index in [2.05, 4.69) is 22.2 Å². The van der Waals surface area contributed by atoms with Crippen LogP contribution in [0, 0.1) is 0 Å². The second-order valence-corrected chi connectivity index (χ2v) is 9.32. The molecule has 37 heavy (non-hydrogen) atoms. The standard InChI is InChI=1S/C29H28F3NO4/c30-29(31,32)37-25-16-14-24(15-17-25)33-27(34)26(18-19-6-8-23(9-7-19)28(35)36)22-12-10-21(11-13-22)20-4-2-1-3-5-20/h6-17,20,26H,1-5,18H2,(H,33,34)(H,35,36). The van der Waals surface area contributed by atoms with Crippen LogP contribution in [0.2, 0.25) is 0 Å². The summed E-state index contributed by atoms with van der Waals surface area (Å²) in [7, 11) is 0. The minimum Gasteiger partial charge on any atom is -0.478 e. The first kappa shape index (κ1) is 26.3. The molecule has 1 atom stereocenters. The molecule has 3 aromatic rings. The van der Waals surface area contributed by atoms with Gasteiger partial charge in [-0.2, -0.15) is 0 Å². The SMILES string of the molecule is O=C(O)c1ccc(CC(C(=O)Nc2ccc(OC(F)(F)F)cc2)c2ccc(C3CCCCC3)cc2)cc1. The minimum absolute atomic E-state index is 0.155. The maximum Gasteiger partial charge on any atom is 0.573 e. The Labute approximate surface area is 213 Å². The molecule has 0 heterocycles. The Kier molecular flexibility index (Phi) is 8.16. The number of carboxylic acid groups (broad SMARTS) is 1. The molecule has 0 spiro atoms.